The topological polar surface area (TPSA) is 71.6 Å². The number of anilines is 2. The Morgan fingerprint density at radius 2 is 2.27 bits per heavy atom. The van der Waals surface area contributed by atoms with E-state index in [9.17, 15) is 0 Å². The molecule has 0 radical (unpaired) electrons. The number of aliphatic hydroxyl groups excluding tert-OH is 1. The van der Waals surface area contributed by atoms with E-state index in [4.69, 9.17) is 15.6 Å². The van der Waals surface area contributed by atoms with Gasteiger partial charge in [0.2, 0.25) is 5.88 Å². The molecular formula is C10H17N3O2. The number of rotatable bonds is 5. The average molecular weight is 211 g/mol. The van der Waals surface area contributed by atoms with Gasteiger partial charge in [-0.1, -0.05) is 0 Å². The van der Waals surface area contributed by atoms with Crippen molar-refractivity contribution in [2.45, 2.75) is 6.92 Å². The predicted octanol–water partition coefficient (Wildman–Crippen LogP) is 0.491. The molecule has 1 aromatic rings. The third-order valence-corrected chi connectivity index (χ3v) is 1.98. The Bertz CT molecular complexity index is 318. The number of ether oxygens (including phenoxy) is 1. The van der Waals surface area contributed by atoms with Gasteiger partial charge in [0.15, 0.2) is 0 Å². The summed E-state index contributed by atoms with van der Waals surface area (Å²) < 4.78 is 5.28. The summed E-state index contributed by atoms with van der Waals surface area (Å²) in [5.41, 5.74) is 6.22. The van der Waals surface area contributed by atoms with E-state index in [0.29, 0.717) is 24.7 Å². The maximum atomic E-state index is 8.80. The van der Waals surface area contributed by atoms with Crippen LogP contribution in [0.1, 0.15) is 6.92 Å². The summed E-state index contributed by atoms with van der Waals surface area (Å²) in [5, 5.41) is 8.80. The first-order chi connectivity index (χ1) is 7.19. The molecule has 3 N–H and O–H groups in total. The minimum atomic E-state index is 0.0898. The molecule has 0 aliphatic heterocycles. The number of hydrogen-bond acceptors (Lipinski definition) is 5. The number of nitrogen functional groups attached to an aromatic ring is 1. The first kappa shape index (κ1) is 11.6. The summed E-state index contributed by atoms with van der Waals surface area (Å²) >= 11 is 0. The van der Waals surface area contributed by atoms with Crippen LogP contribution in [-0.2, 0) is 0 Å². The van der Waals surface area contributed by atoms with Crippen molar-refractivity contribution in [1.82, 2.24) is 4.98 Å². The Balaban J connectivity index is 2.86. The summed E-state index contributed by atoms with van der Waals surface area (Å²) in [6, 6.07) is 3.55. The van der Waals surface area contributed by atoms with Crippen molar-refractivity contribution in [2.24, 2.45) is 0 Å². The number of pyridine rings is 1. The number of aromatic nitrogens is 1. The Morgan fingerprint density at radius 3 is 2.87 bits per heavy atom. The molecule has 15 heavy (non-hydrogen) atoms. The molecule has 0 bridgehead atoms. The van der Waals surface area contributed by atoms with Gasteiger partial charge in [-0.3, -0.25) is 0 Å². The van der Waals surface area contributed by atoms with Crippen LogP contribution in [-0.4, -0.2) is 36.9 Å². The zero-order valence-corrected chi connectivity index (χ0v) is 9.10. The Labute approximate surface area is 89.5 Å². The van der Waals surface area contributed by atoms with E-state index in [-0.39, 0.29) is 6.61 Å². The smallest absolute Gasteiger partial charge is 0.239 e. The second-order valence-electron chi connectivity index (χ2n) is 3.14. The lowest BCUT2D eigenvalue weighted by Crippen LogP contribution is -2.22. The van der Waals surface area contributed by atoms with E-state index < -0.39 is 0 Å². The molecule has 5 heteroatoms. The largest absolute Gasteiger partial charge is 0.476 e. The van der Waals surface area contributed by atoms with Crippen LogP contribution in [0, 0.1) is 0 Å². The molecule has 1 rings (SSSR count). The van der Waals surface area contributed by atoms with Gasteiger partial charge in [0, 0.05) is 13.6 Å². The predicted molar refractivity (Wildman–Crippen MR) is 60.2 cm³/mol. The lowest BCUT2D eigenvalue weighted by Gasteiger charge is -2.17. The summed E-state index contributed by atoms with van der Waals surface area (Å²) in [7, 11) is 1.85. The summed E-state index contributed by atoms with van der Waals surface area (Å²) in [5.74, 6) is 1.18. The third kappa shape index (κ3) is 2.99. The van der Waals surface area contributed by atoms with E-state index in [1.54, 1.807) is 12.1 Å². The van der Waals surface area contributed by atoms with Crippen molar-refractivity contribution >= 4 is 11.5 Å². The van der Waals surface area contributed by atoms with E-state index in [1.165, 1.54) is 0 Å². The fourth-order valence-electron chi connectivity index (χ4n) is 1.17. The van der Waals surface area contributed by atoms with Crippen LogP contribution in [0.2, 0.25) is 0 Å². The number of nitrogens with zero attached hydrogens (tertiary/aromatic N) is 2. The van der Waals surface area contributed by atoms with Gasteiger partial charge in [-0.2, -0.15) is 4.98 Å². The maximum absolute atomic E-state index is 8.80. The Hall–Kier alpha value is -1.49. The van der Waals surface area contributed by atoms with Gasteiger partial charge in [-0.25, -0.2) is 0 Å². The van der Waals surface area contributed by atoms with Crippen LogP contribution in [0.5, 0.6) is 5.88 Å². The van der Waals surface area contributed by atoms with Crippen molar-refractivity contribution in [3.05, 3.63) is 12.1 Å². The molecule has 0 fully saturated rings. The van der Waals surface area contributed by atoms with Gasteiger partial charge in [0.05, 0.1) is 18.9 Å². The molecular weight excluding hydrogens is 194 g/mol. The Morgan fingerprint density at radius 1 is 1.53 bits per heavy atom. The van der Waals surface area contributed by atoms with Crippen molar-refractivity contribution in [3.8, 4) is 5.88 Å². The molecule has 0 saturated carbocycles. The zero-order valence-electron chi connectivity index (χ0n) is 9.10. The van der Waals surface area contributed by atoms with Gasteiger partial charge in [-0.15, -0.1) is 0 Å². The molecule has 0 amide bonds. The lowest BCUT2D eigenvalue weighted by molar-refractivity contribution is 0.303. The van der Waals surface area contributed by atoms with Gasteiger partial charge < -0.3 is 20.5 Å². The molecule has 84 valence electrons. The van der Waals surface area contributed by atoms with Crippen LogP contribution >= 0.6 is 0 Å². The molecule has 0 saturated heterocycles. The first-order valence-electron chi connectivity index (χ1n) is 4.90. The standard InChI is InChI=1S/C10H17N3O2/c1-3-15-10-8(11)4-5-9(12-10)13(2)6-7-14/h4-5,14H,3,6-7,11H2,1-2H3. The van der Waals surface area contributed by atoms with Crippen LogP contribution < -0.4 is 15.4 Å². The highest BCUT2D eigenvalue weighted by molar-refractivity contribution is 5.54. The van der Waals surface area contributed by atoms with E-state index >= 15 is 0 Å². The average Bonchev–Trinajstić information content (AvgIpc) is 2.22. The fourth-order valence-corrected chi connectivity index (χ4v) is 1.17. The number of likely N-dealkylation sites (N-methyl/N-ethyl adjacent to an activating group) is 1. The number of nitrogens with two attached hydrogens (primary N) is 1. The van der Waals surface area contributed by atoms with Crippen molar-refractivity contribution in [2.75, 3.05) is 37.4 Å². The SMILES string of the molecule is CCOc1nc(N(C)CCO)ccc1N. The van der Waals surface area contributed by atoms with E-state index in [2.05, 4.69) is 4.98 Å². The highest BCUT2D eigenvalue weighted by Crippen LogP contribution is 2.22. The molecule has 0 atom stereocenters. The summed E-state index contributed by atoms with van der Waals surface area (Å²) in [6.45, 7) is 3.03. The minimum absolute atomic E-state index is 0.0898. The van der Waals surface area contributed by atoms with Gasteiger partial charge in [0.1, 0.15) is 5.82 Å². The lowest BCUT2D eigenvalue weighted by atomic mass is 10.4. The summed E-state index contributed by atoms with van der Waals surface area (Å²) in [6.07, 6.45) is 0. The monoisotopic (exact) mass is 211 g/mol. The minimum Gasteiger partial charge on any atom is -0.476 e. The van der Waals surface area contributed by atoms with Crippen molar-refractivity contribution in [1.29, 1.82) is 0 Å². The fraction of sp³-hybridized carbons (Fsp3) is 0.500. The second-order valence-corrected chi connectivity index (χ2v) is 3.14. The van der Waals surface area contributed by atoms with Crippen LogP contribution in [0.25, 0.3) is 0 Å². The molecule has 0 spiro atoms. The third-order valence-electron chi connectivity index (χ3n) is 1.98. The van der Waals surface area contributed by atoms with Gasteiger partial charge in [0.25, 0.3) is 0 Å². The van der Waals surface area contributed by atoms with E-state index in [0.717, 1.165) is 5.82 Å². The molecule has 1 heterocycles. The number of aliphatic hydroxyl groups is 1. The van der Waals surface area contributed by atoms with Crippen LogP contribution in [0.3, 0.4) is 0 Å². The quantitative estimate of drug-likeness (QED) is 0.741. The number of hydrogen-bond donors (Lipinski definition) is 2. The first-order valence-corrected chi connectivity index (χ1v) is 4.90. The molecule has 0 aliphatic rings. The van der Waals surface area contributed by atoms with Crippen molar-refractivity contribution < 1.29 is 9.84 Å². The highest BCUT2D eigenvalue weighted by Gasteiger charge is 2.06. The van der Waals surface area contributed by atoms with E-state index in [1.807, 2.05) is 18.9 Å². The highest BCUT2D eigenvalue weighted by atomic mass is 16.5. The molecule has 0 unspecified atom stereocenters. The normalized spacial score (nSPS) is 10.1. The van der Waals surface area contributed by atoms with Crippen LogP contribution in [0.4, 0.5) is 11.5 Å². The van der Waals surface area contributed by atoms with Gasteiger partial charge >= 0.3 is 0 Å². The zero-order chi connectivity index (χ0) is 11.3. The second kappa shape index (κ2) is 5.41. The van der Waals surface area contributed by atoms with Gasteiger partial charge in [-0.05, 0) is 19.1 Å². The molecule has 0 aliphatic carbocycles. The van der Waals surface area contributed by atoms with Crippen molar-refractivity contribution in [3.63, 3.8) is 0 Å². The molecule has 0 aromatic carbocycles. The Kier molecular flexibility index (Phi) is 4.17. The summed E-state index contributed by atoms with van der Waals surface area (Å²) in [4.78, 5) is 6.08. The van der Waals surface area contributed by atoms with Crippen LogP contribution in [0.15, 0.2) is 12.1 Å². The maximum Gasteiger partial charge on any atom is 0.239 e. The molecule has 1 aromatic heterocycles. The molecule has 5 nitrogen and oxygen atoms in total.